The average Bonchev–Trinajstić information content (AvgIpc) is 3.08. The number of fused-ring (bicyclic) bond motifs is 1. The number of carbonyl (C=O) groups is 1. The molecule has 0 saturated carbocycles. The van der Waals surface area contributed by atoms with Crippen molar-refractivity contribution in [2.45, 2.75) is 19.5 Å². The van der Waals surface area contributed by atoms with E-state index < -0.39 is 0 Å². The van der Waals surface area contributed by atoms with E-state index in [0.29, 0.717) is 37.7 Å². The summed E-state index contributed by atoms with van der Waals surface area (Å²) in [5.74, 6) is 0.822. The Hall–Kier alpha value is -2.18. The zero-order chi connectivity index (χ0) is 17.2. The van der Waals surface area contributed by atoms with E-state index in [2.05, 4.69) is 14.9 Å². The van der Waals surface area contributed by atoms with Crippen LogP contribution in [0.15, 0.2) is 30.5 Å². The van der Waals surface area contributed by atoms with Crippen LogP contribution >= 0.6 is 11.6 Å². The van der Waals surface area contributed by atoms with Gasteiger partial charge in [0.15, 0.2) is 0 Å². The normalized spacial score (nSPS) is 16.8. The Bertz CT molecular complexity index is 775. The highest BCUT2D eigenvalue weighted by molar-refractivity contribution is 6.30. The molecule has 2 aromatic rings. The molecule has 130 valence electrons. The van der Waals surface area contributed by atoms with Gasteiger partial charge in [-0.2, -0.15) is 0 Å². The minimum Gasteiger partial charge on any atom is -0.378 e. The van der Waals surface area contributed by atoms with Crippen molar-refractivity contribution in [1.82, 2.24) is 14.9 Å². The molecule has 0 atom stereocenters. The van der Waals surface area contributed by atoms with Crippen LogP contribution < -0.4 is 4.90 Å². The fourth-order valence-corrected chi connectivity index (χ4v) is 3.25. The smallest absolute Gasteiger partial charge is 0.227 e. The molecule has 3 heterocycles. The number of nitrogens with zero attached hydrogens (tertiary/aromatic N) is 4. The molecule has 0 bridgehead atoms. The first-order valence-corrected chi connectivity index (χ1v) is 8.76. The summed E-state index contributed by atoms with van der Waals surface area (Å²) in [5.41, 5.74) is 2.94. The molecular formula is C18H19ClN4O2. The van der Waals surface area contributed by atoms with Crippen molar-refractivity contribution in [2.75, 3.05) is 31.2 Å². The first-order chi connectivity index (χ1) is 12.2. The summed E-state index contributed by atoms with van der Waals surface area (Å²) in [4.78, 5) is 25.7. The van der Waals surface area contributed by atoms with Gasteiger partial charge in [0.2, 0.25) is 11.9 Å². The van der Waals surface area contributed by atoms with Gasteiger partial charge < -0.3 is 14.5 Å². The number of amides is 1. The lowest BCUT2D eigenvalue weighted by Gasteiger charge is -2.26. The lowest BCUT2D eigenvalue weighted by molar-refractivity contribution is -0.131. The van der Waals surface area contributed by atoms with E-state index in [-0.39, 0.29) is 5.91 Å². The van der Waals surface area contributed by atoms with Crippen molar-refractivity contribution in [3.63, 3.8) is 0 Å². The maximum absolute atomic E-state index is 12.6. The highest BCUT2D eigenvalue weighted by Gasteiger charge is 2.26. The van der Waals surface area contributed by atoms with Crippen molar-refractivity contribution in [3.05, 3.63) is 52.3 Å². The molecule has 1 fully saturated rings. The second-order valence-corrected chi connectivity index (χ2v) is 6.73. The van der Waals surface area contributed by atoms with E-state index in [1.807, 2.05) is 35.4 Å². The third kappa shape index (κ3) is 3.60. The van der Waals surface area contributed by atoms with Gasteiger partial charge in [-0.05, 0) is 17.7 Å². The maximum atomic E-state index is 12.6. The molecule has 25 heavy (non-hydrogen) atoms. The Morgan fingerprint density at radius 3 is 2.68 bits per heavy atom. The molecule has 0 unspecified atom stereocenters. The molecule has 7 heteroatoms. The number of ether oxygens (including phenoxy) is 1. The van der Waals surface area contributed by atoms with Crippen molar-refractivity contribution in [3.8, 4) is 0 Å². The van der Waals surface area contributed by atoms with Crippen LogP contribution in [0.5, 0.6) is 0 Å². The van der Waals surface area contributed by atoms with Gasteiger partial charge in [-0.3, -0.25) is 4.79 Å². The summed E-state index contributed by atoms with van der Waals surface area (Å²) in [7, 11) is 0. The molecule has 1 aromatic carbocycles. The Morgan fingerprint density at radius 2 is 1.92 bits per heavy atom. The predicted octanol–water partition coefficient (Wildman–Crippen LogP) is 2.05. The molecule has 0 radical (unpaired) electrons. The second kappa shape index (κ2) is 6.98. The van der Waals surface area contributed by atoms with Crippen LogP contribution in [0, 0.1) is 0 Å². The molecule has 0 spiro atoms. The number of anilines is 1. The number of hydrogen-bond donors (Lipinski definition) is 0. The van der Waals surface area contributed by atoms with E-state index >= 15 is 0 Å². The molecule has 2 aliphatic rings. The quantitative estimate of drug-likeness (QED) is 0.840. The van der Waals surface area contributed by atoms with Gasteiger partial charge in [-0.15, -0.1) is 0 Å². The number of carbonyl (C=O) groups excluding carboxylic acids is 1. The number of benzene rings is 1. The van der Waals surface area contributed by atoms with Gasteiger partial charge >= 0.3 is 0 Å². The summed E-state index contributed by atoms with van der Waals surface area (Å²) in [5, 5.41) is 0.677. The van der Waals surface area contributed by atoms with Crippen molar-refractivity contribution >= 4 is 23.5 Å². The number of halogens is 1. The van der Waals surface area contributed by atoms with E-state index in [1.54, 1.807) is 0 Å². The Labute approximate surface area is 151 Å². The molecule has 4 rings (SSSR count). The van der Waals surface area contributed by atoms with Crippen LogP contribution in [0.4, 0.5) is 5.95 Å². The molecule has 0 N–H and O–H groups in total. The van der Waals surface area contributed by atoms with Crippen LogP contribution in [0.1, 0.15) is 16.8 Å². The molecular weight excluding hydrogens is 340 g/mol. The largest absolute Gasteiger partial charge is 0.378 e. The van der Waals surface area contributed by atoms with Gasteiger partial charge in [-0.25, -0.2) is 9.97 Å². The van der Waals surface area contributed by atoms with E-state index in [9.17, 15) is 4.79 Å². The second-order valence-electron chi connectivity index (χ2n) is 6.29. The van der Waals surface area contributed by atoms with Crippen molar-refractivity contribution in [2.24, 2.45) is 0 Å². The summed E-state index contributed by atoms with van der Waals surface area (Å²) in [6.07, 6.45) is 2.22. The summed E-state index contributed by atoms with van der Waals surface area (Å²) in [6.45, 7) is 4.13. The zero-order valence-corrected chi connectivity index (χ0v) is 14.6. The highest BCUT2D eigenvalue weighted by atomic mass is 35.5. The van der Waals surface area contributed by atoms with Gasteiger partial charge in [0.05, 0.1) is 31.9 Å². The van der Waals surface area contributed by atoms with Crippen molar-refractivity contribution < 1.29 is 9.53 Å². The average molecular weight is 359 g/mol. The fraction of sp³-hybridized carbons (Fsp3) is 0.389. The Balaban J connectivity index is 1.43. The first kappa shape index (κ1) is 16.3. The molecule has 1 amide bonds. The molecule has 0 aliphatic carbocycles. The van der Waals surface area contributed by atoms with Crippen LogP contribution in [0.3, 0.4) is 0 Å². The SMILES string of the molecule is O=C(Cc1ccc(Cl)cc1)N1Cc2cnc(N3CCOCC3)nc2C1. The van der Waals surface area contributed by atoms with E-state index in [1.165, 1.54) is 0 Å². The van der Waals surface area contributed by atoms with Gasteiger partial charge in [0, 0.05) is 36.4 Å². The van der Waals surface area contributed by atoms with E-state index in [4.69, 9.17) is 16.3 Å². The van der Waals surface area contributed by atoms with Crippen LogP contribution in [0.25, 0.3) is 0 Å². The van der Waals surface area contributed by atoms with Gasteiger partial charge in [-0.1, -0.05) is 23.7 Å². The third-order valence-corrected chi connectivity index (χ3v) is 4.81. The summed E-state index contributed by atoms with van der Waals surface area (Å²) in [6, 6.07) is 7.39. The molecule has 1 saturated heterocycles. The minimum atomic E-state index is 0.0910. The zero-order valence-electron chi connectivity index (χ0n) is 13.8. The number of rotatable bonds is 3. The number of hydrogen-bond acceptors (Lipinski definition) is 5. The third-order valence-electron chi connectivity index (χ3n) is 4.56. The molecule has 6 nitrogen and oxygen atoms in total. The fourth-order valence-electron chi connectivity index (χ4n) is 3.12. The predicted molar refractivity (Wildman–Crippen MR) is 94.5 cm³/mol. The maximum Gasteiger partial charge on any atom is 0.227 e. The Morgan fingerprint density at radius 1 is 1.16 bits per heavy atom. The monoisotopic (exact) mass is 358 g/mol. The van der Waals surface area contributed by atoms with Crippen LogP contribution in [-0.2, 0) is 29.0 Å². The number of aromatic nitrogens is 2. The Kier molecular flexibility index (Phi) is 4.55. The number of morpholine rings is 1. The van der Waals surface area contributed by atoms with Crippen LogP contribution in [-0.4, -0.2) is 47.1 Å². The van der Waals surface area contributed by atoms with Crippen LogP contribution in [0.2, 0.25) is 5.02 Å². The van der Waals surface area contributed by atoms with Gasteiger partial charge in [0.25, 0.3) is 0 Å². The topological polar surface area (TPSA) is 58.6 Å². The van der Waals surface area contributed by atoms with Gasteiger partial charge in [0.1, 0.15) is 0 Å². The lowest BCUT2D eigenvalue weighted by atomic mass is 10.1. The molecule has 2 aliphatic heterocycles. The summed E-state index contributed by atoms with van der Waals surface area (Å²) < 4.78 is 5.37. The van der Waals surface area contributed by atoms with Crippen molar-refractivity contribution in [1.29, 1.82) is 0 Å². The lowest BCUT2D eigenvalue weighted by Crippen LogP contribution is -2.37. The summed E-state index contributed by atoms with van der Waals surface area (Å²) >= 11 is 5.89. The highest BCUT2D eigenvalue weighted by Crippen LogP contribution is 2.23. The van der Waals surface area contributed by atoms with E-state index in [0.717, 1.165) is 35.9 Å². The molecule has 1 aromatic heterocycles. The first-order valence-electron chi connectivity index (χ1n) is 8.39. The minimum absolute atomic E-state index is 0.0910. The standard InChI is InChI=1S/C18H19ClN4O2/c19-15-3-1-13(2-4-15)9-17(24)23-11-14-10-20-18(21-16(14)12-23)22-5-7-25-8-6-22/h1-4,10H,5-9,11-12H2.